The molecule has 0 fully saturated rings. The van der Waals surface area contributed by atoms with Gasteiger partial charge in [-0.15, -0.1) is 0 Å². The summed E-state index contributed by atoms with van der Waals surface area (Å²) in [6.07, 6.45) is 1.11. The Kier molecular flexibility index (Phi) is 6.00. The van der Waals surface area contributed by atoms with E-state index in [9.17, 15) is 13.2 Å². The van der Waals surface area contributed by atoms with Crippen molar-refractivity contribution in [2.75, 3.05) is 17.6 Å². The Labute approximate surface area is 162 Å². The van der Waals surface area contributed by atoms with Crippen LogP contribution < -0.4 is 9.62 Å². The standard InChI is InChI=1S/C21H28N2O3S/c1-15(16-11-13-17(14-12-16)21(2,3)4)22-20(24)18-9-7-8-10-19(18)23(5)27(6,25)26/h7-15H,1-6H3,(H,22,24)/t15-/m0/s1. The zero-order valence-corrected chi connectivity index (χ0v) is 17.6. The second-order valence-corrected chi connectivity index (χ2v) is 9.83. The molecule has 0 saturated carbocycles. The lowest BCUT2D eigenvalue weighted by Crippen LogP contribution is -2.31. The van der Waals surface area contributed by atoms with E-state index in [1.807, 2.05) is 19.1 Å². The Hall–Kier alpha value is -2.34. The van der Waals surface area contributed by atoms with Crippen molar-refractivity contribution in [3.63, 3.8) is 0 Å². The summed E-state index contributed by atoms with van der Waals surface area (Å²) in [5.74, 6) is -0.312. The molecule has 2 aromatic rings. The van der Waals surface area contributed by atoms with Crippen molar-refractivity contribution in [1.82, 2.24) is 5.32 Å². The van der Waals surface area contributed by atoms with E-state index >= 15 is 0 Å². The molecule has 0 bridgehead atoms. The minimum absolute atomic E-state index is 0.0696. The van der Waals surface area contributed by atoms with E-state index in [1.54, 1.807) is 24.3 Å². The molecule has 5 nitrogen and oxygen atoms in total. The van der Waals surface area contributed by atoms with Crippen molar-refractivity contribution in [2.24, 2.45) is 0 Å². The van der Waals surface area contributed by atoms with Gasteiger partial charge in [0.1, 0.15) is 0 Å². The summed E-state index contributed by atoms with van der Waals surface area (Å²) < 4.78 is 24.8. The van der Waals surface area contributed by atoms with Crippen LogP contribution in [0, 0.1) is 0 Å². The van der Waals surface area contributed by atoms with Crippen molar-refractivity contribution >= 4 is 21.6 Å². The van der Waals surface area contributed by atoms with Gasteiger partial charge in [0.25, 0.3) is 5.91 Å². The number of nitrogens with zero attached hydrogens (tertiary/aromatic N) is 1. The van der Waals surface area contributed by atoms with E-state index in [0.29, 0.717) is 11.3 Å². The van der Waals surface area contributed by atoms with Gasteiger partial charge in [-0.1, -0.05) is 57.2 Å². The van der Waals surface area contributed by atoms with E-state index in [2.05, 4.69) is 38.2 Å². The largest absolute Gasteiger partial charge is 0.345 e. The van der Waals surface area contributed by atoms with Crippen LogP contribution in [-0.2, 0) is 15.4 Å². The van der Waals surface area contributed by atoms with Gasteiger partial charge in [0.05, 0.1) is 23.5 Å². The number of anilines is 1. The molecule has 0 aliphatic heterocycles. The zero-order valence-electron chi connectivity index (χ0n) is 16.8. The molecule has 1 N–H and O–H groups in total. The second kappa shape index (κ2) is 7.72. The van der Waals surface area contributed by atoms with Crippen molar-refractivity contribution in [3.05, 3.63) is 65.2 Å². The average Bonchev–Trinajstić information content (AvgIpc) is 2.59. The molecule has 1 amide bonds. The van der Waals surface area contributed by atoms with Gasteiger partial charge in [-0.2, -0.15) is 0 Å². The maximum Gasteiger partial charge on any atom is 0.253 e. The third-order valence-corrected chi connectivity index (χ3v) is 5.80. The predicted octanol–water partition coefficient (Wildman–Crippen LogP) is 3.87. The van der Waals surface area contributed by atoms with Gasteiger partial charge in [-0.05, 0) is 35.6 Å². The van der Waals surface area contributed by atoms with Crippen molar-refractivity contribution in [3.8, 4) is 0 Å². The third-order valence-electron chi connectivity index (χ3n) is 4.61. The number of rotatable bonds is 5. The van der Waals surface area contributed by atoms with Gasteiger partial charge in [-0.25, -0.2) is 8.42 Å². The van der Waals surface area contributed by atoms with Crippen LogP contribution in [0.4, 0.5) is 5.69 Å². The minimum Gasteiger partial charge on any atom is -0.345 e. The van der Waals surface area contributed by atoms with Crippen LogP contribution in [0.5, 0.6) is 0 Å². The summed E-state index contributed by atoms with van der Waals surface area (Å²) in [5.41, 5.74) is 2.96. The average molecular weight is 389 g/mol. The van der Waals surface area contributed by atoms with E-state index in [4.69, 9.17) is 0 Å². The molecule has 1 atom stereocenters. The summed E-state index contributed by atoms with van der Waals surface area (Å²) in [6.45, 7) is 8.38. The van der Waals surface area contributed by atoms with Crippen LogP contribution in [0.15, 0.2) is 48.5 Å². The zero-order chi connectivity index (χ0) is 20.4. The lowest BCUT2D eigenvalue weighted by molar-refractivity contribution is 0.0940. The number of sulfonamides is 1. The first-order valence-corrected chi connectivity index (χ1v) is 10.7. The van der Waals surface area contributed by atoms with Crippen molar-refractivity contribution < 1.29 is 13.2 Å². The third kappa shape index (κ3) is 5.10. The number of hydrogen-bond acceptors (Lipinski definition) is 3. The Morgan fingerprint density at radius 3 is 2.11 bits per heavy atom. The first-order chi connectivity index (χ1) is 12.4. The lowest BCUT2D eigenvalue weighted by atomic mass is 9.86. The van der Waals surface area contributed by atoms with Crippen LogP contribution in [0.2, 0.25) is 0 Å². The van der Waals surface area contributed by atoms with Crippen LogP contribution >= 0.6 is 0 Å². The van der Waals surface area contributed by atoms with Gasteiger partial charge in [0.15, 0.2) is 0 Å². The molecule has 6 heteroatoms. The highest BCUT2D eigenvalue weighted by Crippen LogP contribution is 2.25. The highest BCUT2D eigenvalue weighted by atomic mass is 32.2. The Morgan fingerprint density at radius 1 is 1.04 bits per heavy atom. The summed E-state index contributed by atoms with van der Waals surface area (Å²) >= 11 is 0. The quantitative estimate of drug-likeness (QED) is 0.845. The van der Waals surface area contributed by atoms with E-state index < -0.39 is 10.0 Å². The number of hydrogen-bond donors (Lipinski definition) is 1. The smallest absolute Gasteiger partial charge is 0.253 e. The van der Waals surface area contributed by atoms with E-state index in [-0.39, 0.29) is 17.4 Å². The number of benzene rings is 2. The molecule has 2 rings (SSSR count). The summed E-state index contributed by atoms with van der Waals surface area (Å²) in [6, 6.07) is 14.6. The van der Waals surface area contributed by atoms with Crippen molar-refractivity contribution in [2.45, 2.75) is 39.2 Å². The highest BCUT2D eigenvalue weighted by Gasteiger charge is 2.21. The number of amides is 1. The summed E-state index contributed by atoms with van der Waals surface area (Å²) in [7, 11) is -2.02. The Balaban J connectivity index is 2.23. The van der Waals surface area contributed by atoms with Gasteiger partial charge >= 0.3 is 0 Å². The molecule has 0 radical (unpaired) electrons. The number of nitrogens with one attached hydrogen (secondary N) is 1. The number of carbonyl (C=O) groups is 1. The van der Waals surface area contributed by atoms with Gasteiger partial charge in [0.2, 0.25) is 10.0 Å². The van der Waals surface area contributed by atoms with Gasteiger partial charge in [-0.3, -0.25) is 9.10 Å². The van der Waals surface area contributed by atoms with Gasteiger partial charge < -0.3 is 5.32 Å². The Bertz CT molecular complexity index is 913. The monoisotopic (exact) mass is 388 g/mol. The minimum atomic E-state index is -3.46. The molecule has 27 heavy (non-hydrogen) atoms. The first kappa shape index (κ1) is 21.0. The SMILES string of the molecule is C[C@H](NC(=O)c1ccccc1N(C)S(C)(=O)=O)c1ccc(C(C)(C)C)cc1. The maximum absolute atomic E-state index is 12.8. The topological polar surface area (TPSA) is 66.5 Å². The fraction of sp³-hybridized carbons (Fsp3) is 0.381. The van der Waals surface area contributed by atoms with E-state index in [1.165, 1.54) is 12.6 Å². The van der Waals surface area contributed by atoms with E-state index in [0.717, 1.165) is 16.1 Å². The summed E-state index contributed by atoms with van der Waals surface area (Å²) in [5, 5.41) is 2.96. The Morgan fingerprint density at radius 2 is 1.59 bits per heavy atom. The lowest BCUT2D eigenvalue weighted by Gasteiger charge is -2.22. The molecule has 0 unspecified atom stereocenters. The molecule has 0 spiro atoms. The maximum atomic E-state index is 12.8. The predicted molar refractivity (Wildman–Crippen MR) is 111 cm³/mol. The molecule has 0 heterocycles. The normalized spacial score (nSPS) is 13.1. The molecule has 0 aromatic heterocycles. The fourth-order valence-corrected chi connectivity index (χ4v) is 3.26. The number of para-hydroxylation sites is 1. The van der Waals surface area contributed by atoms with Crippen molar-refractivity contribution in [1.29, 1.82) is 0 Å². The fourth-order valence-electron chi connectivity index (χ4n) is 2.75. The molecular weight excluding hydrogens is 360 g/mol. The molecule has 2 aromatic carbocycles. The molecule has 0 saturated heterocycles. The van der Waals surface area contributed by atoms with Crippen LogP contribution in [0.25, 0.3) is 0 Å². The second-order valence-electron chi connectivity index (χ2n) is 7.81. The molecular formula is C21H28N2O3S. The van der Waals surface area contributed by atoms with Gasteiger partial charge in [0, 0.05) is 7.05 Å². The highest BCUT2D eigenvalue weighted by molar-refractivity contribution is 7.92. The summed E-state index contributed by atoms with van der Waals surface area (Å²) in [4.78, 5) is 12.8. The van der Waals surface area contributed by atoms with Crippen LogP contribution in [0.1, 0.15) is 55.2 Å². The number of carbonyl (C=O) groups excluding carboxylic acids is 1. The molecule has 0 aliphatic carbocycles. The first-order valence-electron chi connectivity index (χ1n) is 8.85. The van der Waals surface area contributed by atoms with Crippen LogP contribution in [0.3, 0.4) is 0 Å². The molecule has 146 valence electrons. The van der Waals surface area contributed by atoms with Crippen LogP contribution in [-0.4, -0.2) is 27.6 Å². The molecule has 0 aliphatic rings.